The van der Waals surface area contributed by atoms with Crippen LogP contribution in [-0.2, 0) is 5.75 Å². The predicted molar refractivity (Wildman–Crippen MR) is 107 cm³/mol. The van der Waals surface area contributed by atoms with Crippen molar-refractivity contribution in [3.63, 3.8) is 0 Å². The Hall–Kier alpha value is -2.64. The molecule has 0 amide bonds. The van der Waals surface area contributed by atoms with Gasteiger partial charge >= 0.3 is 0 Å². The summed E-state index contributed by atoms with van der Waals surface area (Å²) in [5.41, 5.74) is 3.17. The molecule has 4 rings (SSSR count). The van der Waals surface area contributed by atoms with E-state index in [-0.39, 0.29) is 0 Å². The number of methoxy groups -OCH3 is 1. The number of benzene rings is 2. The molecule has 26 heavy (non-hydrogen) atoms. The SMILES string of the molecule is COc1cccc(Nc2nnc(SCc3cccc4cccnc34)s2)c1. The average molecular weight is 380 g/mol. The summed E-state index contributed by atoms with van der Waals surface area (Å²) < 4.78 is 6.16. The smallest absolute Gasteiger partial charge is 0.210 e. The van der Waals surface area contributed by atoms with Gasteiger partial charge in [-0.1, -0.05) is 53.4 Å². The van der Waals surface area contributed by atoms with Crippen molar-refractivity contribution in [2.75, 3.05) is 12.4 Å². The predicted octanol–water partition coefficient (Wildman–Crippen LogP) is 5.13. The van der Waals surface area contributed by atoms with Crippen molar-refractivity contribution in [2.45, 2.75) is 10.1 Å². The van der Waals surface area contributed by atoms with Crippen LogP contribution in [0.2, 0.25) is 0 Å². The van der Waals surface area contributed by atoms with E-state index in [4.69, 9.17) is 4.74 Å². The number of nitrogens with zero attached hydrogens (tertiary/aromatic N) is 3. The largest absolute Gasteiger partial charge is 0.497 e. The molecule has 0 saturated heterocycles. The van der Waals surface area contributed by atoms with Crippen molar-refractivity contribution in [2.24, 2.45) is 0 Å². The number of anilines is 2. The maximum atomic E-state index is 5.24. The third-order valence-corrected chi connectivity index (χ3v) is 5.82. The second-order valence-corrected chi connectivity index (χ2v) is 7.71. The van der Waals surface area contributed by atoms with Crippen LogP contribution < -0.4 is 10.1 Å². The van der Waals surface area contributed by atoms with E-state index in [1.807, 2.05) is 36.5 Å². The van der Waals surface area contributed by atoms with Gasteiger partial charge in [-0.25, -0.2) is 0 Å². The van der Waals surface area contributed by atoms with E-state index in [0.29, 0.717) is 0 Å². The molecule has 130 valence electrons. The Morgan fingerprint density at radius 1 is 1.08 bits per heavy atom. The second-order valence-electron chi connectivity index (χ2n) is 5.51. The van der Waals surface area contributed by atoms with Crippen LogP contribution in [-0.4, -0.2) is 22.3 Å². The zero-order valence-corrected chi connectivity index (χ0v) is 15.7. The fraction of sp³-hybridized carbons (Fsp3) is 0.105. The molecule has 0 radical (unpaired) electrons. The third-order valence-electron chi connectivity index (χ3n) is 3.79. The average Bonchev–Trinajstić information content (AvgIpc) is 3.13. The molecule has 0 aliphatic carbocycles. The summed E-state index contributed by atoms with van der Waals surface area (Å²) in [7, 11) is 1.65. The van der Waals surface area contributed by atoms with Gasteiger partial charge < -0.3 is 10.1 Å². The van der Waals surface area contributed by atoms with Crippen LogP contribution in [0, 0.1) is 0 Å². The molecule has 2 aromatic heterocycles. The number of ether oxygens (including phenoxy) is 1. The molecule has 4 aromatic rings. The minimum Gasteiger partial charge on any atom is -0.497 e. The minimum atomic E-state index is 0.761. The highest BCUT2D eigenvalue weighted by molar-refractivity contribution is 8.00. The number of fused-ring (bicyclic) bond motifs is 1. The van der Waals surface area contributed by atoms with E-state index in [9.17, 15) is 0 Å². The van der Waals surface area contributed by atoms with Gasteiger partial charge in [-0.15, -0.1) is 10.2 Å². The van der Waals surface area contributed by atoms with Crippen molar-refractivity contribution >= 4 is 44.8 Å². The molecule has 0 spiro atoms. The summed E-state index contributed by atoms with van der Waals surface area (Å²) in [6.45, 7) is 0. The Labute approximate surface area is 159 Å². The molecule has 0 aliphatic heterocycles. The monoisotopic (exact) mass is 380 g/mol. The number of hydrogen-bond donors (Lipinski definition) is 1. The van der Waals surface area contributed by atoms with Crippen LogP contribution in [0.4, 0.5) is 10.8 Å². The standard InChI is InChI=1S/C19H16N4OS2/c1-24-16-9-3-8-15(11-16)21-18-22-23-19(26-18)25-12-14-6-2-5-13-7-4-10-20-17(13)14/h2-11H,12H2,1H3,(H,21,22). The number of rotatable bonds is 6. The first-order chi connectivity index (χ1) is 12.8. The molecule has 0 aliphatic rings. The van der Waals surface area contributed by atoms with E-state index in [1.165, 1.54) is 16.9 Å². The second kappa shape index (κ2) is 7.72. The summed E-state index contributed by atoms with van der Waals surface area (Å²) in [6, 6.07) is 18.0. The zero-order valence-electron chi connectivity index (χ0n) is 14.0. The minimum absolute atomic E-state index is 0.761. The first kappa shape index (κ1) is 16.8. The van der Waals surface area contributed by atoms with Crippen LogP contribution in [0.5, 0.6) is 5.75 Å². The molecular formula is C19H16N4OS2. The van der Waals surface area contributed by atoms with E-state index >= 15 is 0 Å². The number of aromatic nitrogens is 3. The Morgan fingerprint density at radius 2 is 1.96 bits per heavy atom. The van der Waals surface area contributed by atoms with Crippen LogP contribution in [0.1, 0.15) is 5.56 Å². The van der Waals surface area contributed by atoms with E-state index < -0.39 is 0 Å². The van der Waals surface area contributed by atoms with Gasteiger partial charge in [0.15, 0.2) is 4.34 Å². The van der Waals surface area contributed by atoms with E-state index in [2.05, 4.69) is 44.8 Å². The number of nitrogens with one attached hydrogen (secondary N) is 1. The van der Waals surface area contributed by atoms with Crippen LogP contribution in [0.25, 0.3) is 10.9 Å². The fourth-order valence-electron chi connectivity index (χ4n) is 2.57. The topological polar surface area (TPSA) is 59.9 Å². The summed E-state index contributed by atoms with van der Waals surface area (Å²) in [5, 5.41) is 13.7. The van der Waals surface area contributed by atoms with Gasteiger partial charge in [-0.2, -0.15) is 0 Å². The molecule has 0 atom stereocenters. The molecule has 2 aromatic carbocycles. The highest BCUT2D eigenvalue weighted by Gasteiger charge is 2.08. The van der Waals surface area contributed by atoms with Crippen molar-refractivity contribution < 1.29 is 4.74 Å². The molecule has 2 heterocycles. The number of thioether (sulfide) groups is 1. The maximum Gasteiger partial charge on any atom is 0.210 e. The molecule has 5 nitrogen and oxygen atoms in total. The summed E-state index contributed by atoms with van der Waals surface area (Å²) in [4.78, 5) is 4.50. The lowest BCUT2D eigenvalue weighted by Gasteiger charge is -2.04. The Bertz CT molecular complexity index is 1030. The number of pyridine rings is 1. The first-order valence-electron chi connectivity index (χ1n) is 8.02. The van der Waals surface area contributed by atoms with Gasteiger partial charge in [0.25, 0.3) is 0 Å². The fourth-order valence-corrected chi connectivity index (χ4v) is 4.32. The highest BCUT2D eigenvalue weighted by Crippen LogP contribution is 2.31. The summed E-state index contributed by atoms with van der Waals surface area (Å²) >= 11 is 3.20. The van der Waals surface area contributed by atoms with Gasteiger partial charge in [-0.3, -0.25) is 4.98 Å². The van der Waals surface area contributed by atoms with Gasteiger partial charge in [0, 0.05) is 29.1 Å². The third kappa shape index (κ3) is 3.79. The summed E-state index contributed by atoms with van der Waals surface area (Å²) in [5.74, 6) is 1.61. The number of hydrogen-bond acceptors (Lipinski definition) is 7. The Morgan fingerprint density at radius 3 is 2.88 bits per heavy atom. The molecular weight excluding hydrogens is 364 g/mol. The van der Waals surface area contributed by atoms with Crippen molar-refractivity contribution in [3.8, 4) is 5.75 Å². The Balaban J connectivity index is 1.45. The van der Waals surface area contributed by atoms with Gasteiger partial charge in [-0.05, 0) is 23.8 Å². The highest BCUT2D eigenvalue weighted by atomic mass is 32.2. The molecule has 0 fully saturated rings. The van der Waals surface area contributed by atoms with E-state index in [1.54, 1.807) is 18.9 Å². The molecule has 0 unspecified atom stereocenters. The van der Waals surface area contributed by atoms with Crippen molar-refractivity contribution in [3.05, 3.63) is 66.4 Å². The van der Waals surface area contributed by atoms with Gasteiger partial charge in [0.1, 0.15) is 5.75 Å². The van der Waals surface area contributed by atoms with Crippen LogP contribution >= 0.6 is 23.1 Å². The lowest BCUT2D eigenvalue weighted by molar-refractivity contribution is 0.415. The molecule has 0 bridgehead atoms. The first-order valence-corrected chi connectivity index (χ1v) is 9.82. The maximum absolute atomic E-state index is 5.24. The van der Waals surface area contributed by atoms with Crippen molar-refractivity contribution in [1.29, 1.82) is 0 Å². The normalized spacial score (nSPS) is 10.8. The van der Waals surface area contributed by atoms with Crippen LogP contribution in [0.3, 0.4) is 0 Å². The zero-order chi connectivity index (χ0) is 17.8. The van der Waals surface area contributed by atoms with Gasteiger partial charge in [0.05, 0.1) is 12.6 Å². The van der Waals surface area contributed by atoms with Crippen LogP contribution in [0.15, 0.2) is 65.1 Å². The van der Waals surface area contributed by atoms with Gasteiger partial charge in [0.2, 0.25) is 5.13 Å². The number of para-hydroxylation sites is 1. The van der Waals surface area contributed by atoms with Crippen molar-refractivity contribution in [1.82, 2.24) is 15.2 Å². The molecule has 1 N–H and O–H groups in total. The molecule has 7 heteroatoms. The lowest BCUT2D eigenvalue weighted by Crippen LogP contribution is -1.90. The Kier molecular flexibility index (Phi) is 4.99. The summed E-state index contributed by atoms with van der Waals surface area (Å²) in [6.07, 6.45) is 1.83. The van der Waals surface area contributed by atoms with E-state index in [0.717, 1.165) is 37.6 Å². The lowest BCUT2D eigenvalue weighted by atomic mass is 10.1. The quantitative estimate of drug-likeness (QED) is 0.468. The molecule has 0 saturated carbocycles.